The van der Waals surface area contributed by atoms with E-state index in [2.05, 4.69) is 13.8 Å². The molecule has 160 valence electrons. The maximum Gasteiger partial charge on any atom is 0.423 e. The average molecular weight is 414 g/mol. The van der Waals surface area contributed by atoms with Gasteiger partial charge in [-0.15, -0.1) is 0 Å². The molecule has 0 bridgehead atoms. The molecule has 0 heterocycles. The molecule has 1 amide bonds. The molecule has 6 nitrogen and oxygen atoms in total. The number of amides is 1. The molecule has 1 aromatic rings. The molecule has 0 aliphatic carbocycles. The molecule has 0 unspecified atom stereocenters. The molecule has 28 heavy (non-hydrogen) atoms. The van der Waals surface area contributed by atoms with Gasteiger partial charge in [-0.25, -0.2) is 4.79 Å². The highest BCUT2D eigenvalue weighted by Gasteiger charge is 2.23. The van der Waals surface area contributed by atoms with Crippen molar-refractivity contribution in [1.29, 1.82) is 0 Å². The topological polar surface area (TPSA) is 81.7 Å². The number of ether oxygens (including phenoxy) is 1. The number of carbonyl (C=O) groups is 1. The third-order valence-corrected chi connectivity index (χ3v) is 5.18. The number of benzene rings is 1. The van der Waals surface area contributed by atoms with E-state index in [1.54, 1.807) is 0 Å². The minimum atomic E-state index is -4.33. The Hall–Kier alpha value is -1.76. The largest absolute Gasteiger partial charge is 0.449 e. The lowest BCUT2D eigenvalue weighted by atomic mass is 9.94. The minimum Gasteiger partial charge on any atom is -0.449 e. The summed E-state index contributed by atoms with van der Waals surface area (Å²) in [5.41, 5.74) is 1.55. The van der Waals surface area contributed by atoms with Crippen molar-refractivity contribution in [3.8, 4) is 5.75 Å². The van der Waals surface area contributed by atoms with Gasteiger partial charge in [-0.2, -0.15) is 13.1 Å². The van der Waals surface area contributed by atoms with Gasteiger partial charge in [-0.05, 0) is 35.3 Å². The van der Waals surface area contributed by atoms with Crippen LogP contribution in [0.4, 0.5) is 4.79 Å². The molecule has 0 aliphatic heterocycles. The van der Waals surface area contributed by atoms with Gasteiger partial charge in [0.25, 0.3) is 0 Å². The van der Waals surface area contributed by atoms with Crippen molar-refractivity contribution < 1.29 is 22.1 Å². The molecule has 1 aromatic carbocycles. The van der Waals surface area contributed by atoms with Crippen molar-refractivity contribution in [1.82, 2.24) is 4.72 Å². The lowest BCUT2D eigenvalue weighted by Crippen LogP contribution is -2.35. The Kier molecular flexibility index (Phi) is 9.79. The van der Waals surface area contributed by atoms with E-state index in [0.29, 0.717) is 12.3 Å². The lowest BCUT2D eigenvalue weighted by Gasteiger charge is -2.19. The SMILES string of the molecule is CC(C)CCCCCOC(=O)NS(=O)(=O)Oc1c(C(C)C)cccc1C(C)C. The summed E-state index contributed by atoms with van der Waals surface area (Å²) in [4.78, 5) is 11.8. The molecule has 0 spiro atoms. The van der Waals surface area contributed by atoms with Crippen LogP contribution in [0.15, 0.2) is 18.2 Å². The van der Waals surface area contributed by atoms with E-state index in [1.807, 2.05) is 50.6 Å². The number of carbonyl (C=O) groups excluding carboxylic acids is 1. The first-order valence-electron chi connectivity index (χ1n) is 10.0. The molecule has 1 N–H and O–H groups in total. The van der Waals surface area contributed by atoms with Crippen LogP contribution in [0, 0.1) is 5.92 Å². The predicted molar refractivity (Wildman–Crippen MR) is 112 cm³/mol. The maximum atomic E-state index is 12.3. The first-order chi connectivity index (χ1) is 13.0. The summed E-state index contributed by atoms with van der Waals surface area (Å²) < 4.78 is 36.8. The fourth-order valence-corrected chi connectivity index (χ4v) is 3.55. The average Bonchev–Trinajstić information content (AvgIpc) is 2.56. The summed E-state index contributed by atoms with van der Waals surface area (Å²) in [6, 6.07) is 5.54. The van der Waals surface area contributed by atoms with Crippen LogP contribution in [0.5, 0.6) is 5.75 Å². The Morgan fingerprint density at radius 3 is 2.04 bits per heavy atom. The highest BCUT2D eigenvalue weighted by atomic mass is 32.2. The van der Waals surface area contributed by atoms with Gasteiger partial charge >= 0.3 is 16.4 Å². The zero-order valence-electron chi connectivity index (χ0n) is 17.9. The zero-order chi connectivity index (χ0) is 21.3. The number of para-hydroxylation sites is 1. The van der Waals surface area contributed by atoms with E-state index in [0.717, 1.165) is 30.4 Å². The van der Waals surface area contributed by atoms with Crippen molar-refractivity contribution in [2.24, 2.45) is 5.92 Å². The van der Waals surface area contributed by atoms with E-state index in [9.17, 15) is 13.2 Å². The normalized spacial score (nSPS) is 11.9. The van der Waals surface area contributed by atoms with Crippen LogP contribution >= 0.6 is 0 Å². The highest BCUT2D eigenvalue weighted by Crippen LogP contribution is 2.35. The Bertz CT molecular complexity index is 700. The monoisotopic (exact) mass is 413 g/mol. The summed E-state index contributed by atoms with van der Waals surface area (Å²) in [7, 11) is -4.33. The van der Waals surface area contributed by atoms with E-state index >= 15 is 0 Å². The van der Waals surface area contributed by atoms with Crippen LogP contribution in [0.2, 0.25) is 0 Å². The fraction of sp³-hybridized carbons (Fsp3) is 0.667. The molecule has 0 saturated heterocycles. The van der Waals surface area contributed by atoms with E-state index in [1.165, 1.54) is 0 Å². The van der Waals surface area contributed by atoms with Gasteiger partial charge in [-0.1, -0.05) is 79.0 Å². The van der Waals surface area contributed by atoms with Gasteiger partial charge < -0.3 is 8.92 Å². The number of nitrogens with one attached hydrogen (secondary N) is 1. The van der Waals surface area contributed by atoms with Crippen molar-refractivity contribution in [2.45, 2.75) is 79.1 Å². The van der Waals surface area contributed by atoms with Gasteiger partial charge in [-0.3, -0.25) is 0 Å². The lowest BCUT2D eigenvalue weighted by molar-refractivity contribution is 0.149. The van der Waals surface area contributed by atoms with Gasteiger partial charge in [0.2, 0.25) is 0 Å². The molecule has 0 fully saturated rings. The smallest absolute Gasteiger partial charge is 0.423 e. The molecular weight excluding hydrogens is 378 g/mol. The predicted octanol–water partition coefficient (Wildman–Crippen LogP) is 5.50. The van der Waals surface area contributed by atoms with Crippen LogP contribution in [-0.2, 0) is 15.0 Å². The van der Waals surface area contributed by atoms with Gasteiger partial charge in [0.1, 0.15) is 0 Å². The Morgan fingerprint density at radius 2 is 1.54 bits per heavy atom. The second-order valence-electron chi connectivity index (χ2n) is 8.09. The maximum absolute atomic E-state index is 12.3. The zero-order valence-corrected chi connectivity index (χ0v) is 18.8. The third-order valence-electron chi connectivity index (χ3n) is 4.38. The number of hydrogen-bond donors (Lipinski definition) is 1. The summed E-state index contributed by atoms with van der Waals surface area (Å²) in [6.45, 7) is 12.3. The van der Waals surface area contributed by atoms with Crippen molar-refractivity contribution >= 4 is 16.4 Å². The molecular formula is C21H35NO5S. The Labute approximate surface area is 170 Å². The van der Waals surface area contributed by atoms with Crippen molar-refractivity contribution in [3.63, 3.8) is 0 Å². The Morgan fingerprint density at radius 1 is 0.964 bits per heavy atom. The first-order valence-corrected chi connectivity index (χ1v) is 11.5. The number of hydrogen-bond acceptors (Lipinski definition) is 5. The molecule has 0 aliphatic rings. The van der Waals surface area contributed by atoms with Gasteiger partial charge in [0.05, 0.1) is 6.61 Å². The molecule has 0 saturated carbocycles. The summed E-state index contributed by atoms with van der Waals surface area (Å²) in [5.74, 6) is 1.07. The van der Waals surface area contributed by atoms with E-state index in [4.69, 9.17) is 8.92 Å². The second kappa shape index (κ2) is 11.3. The third kappa shape index (κ3) is 8.50. The molecule has 0 aromatic heterocycles. The number of unbranched alkanes of at least 4 members (excludes halogenated alkanes) is 2. The summed E-state index contributed by atoms with van der Waals surface area (Å²) >= 11 is 0. The van der Waals surface area contributed by atoms with Crippen LogP contribution in [-0.4, -0.2) is 21.1 Å². The summed E-state index contributed by atoms with van der Waals surface area (Å²) in [6.07, 6.45) is 2.82. The minimum absolute atomic E-state index is 0.0710. The van der Waals surface area contributed by atoms with Gasteiger partial charge in [0, 0.05) is 0 Å². The van der Waals surface area contributed by atoms with Crippen LogP contribution < -0.4 is 8.91 Å². The fourth-order valence-electron chi connectivity index (χ4n) is 2.84. The Balaban J connectivity index is 2.68. The van der Waals surface area contributed by atoms with Crippen LogP contribution in [0.3, 0.4) is 0 Å². The summed E-state index contributed by atoms with van der Waals surface area (Å²) in [5, 5.41) is 0. The standard InChI is InChI=1S/C21H35NO5S/c1-15(2)11-8-7-9-14-26-21(23)22-28(24,25)27-20-18(16(3)4)12-10-13-19(20)17(5)6/h10,12-13,15-17H,7-9,11,14H2,1-6H3,(H,22,23). The van der Waals surface area contributed by atoms with E-state index in [-0.39, 0.29) is 24.2 Å². The second-order valence-corrected chi connectivity index (χ2v) is 9.37. The molecule has 1 rings (SSSR count). The molecule has 0 radical (unpaired) electrons. The highest BCUT2D eigenvalue weighted by molar-refractivity contribution is 7.85. The number of rotatable bonds is 11. The van der Waals surface area contributed by atoms with Crippen LogP contribution in [0.1, 0.15) is 90.2 Å². The van der Waals surface area contributed by atoms with E-state index < -0.39 is 16.4 Å². The van der Waals surface area contributed by atoms with Crippen molar-refractivity contribution in [2.75, 3.05) is 6.61 Å². The van der Waals surface area contributed by atoms with Crippen molar-refractivity contribution in [3.05, 3.63) is 29.3 Å². The quantitative estimate of drug-likeness (QED) is 0.484. The first kappa shape index (κ1) is 24.3. The molecule has 0 atom stereocenters. The van der Waals surface area contributed by atoms with Crippen LogP contribution in [0.25, 0.3) is 0 Å². The van der Waals surface area contributed by atoms with Gasteiger partial charge in [0.15, 0.2) is 5.75 Å². The molecule has 7 heteroatoms.